The molecule has 0 saturated heterocycles. The van der Waals surface area contributed by atoms with Crippen molar-refractivity contribution in [3.05, 3.63) is 0 Å². The fraction of sp³-hybridized carbons (Fsp3) is 1.00. The molecule has 2 aliphatic rings. The summed E-state index contributed by atoms with van der Waals surface area (Å²) in [7, 11) is -2.99. The van der Waals surface area contributed by atoms with Gasteiger partial charge in [-0.15, -0.1) is 0 Å². The van der Waals surface area contributed by atoms with Crippen LogP contribution >= 0.6 is 0 Å². The van der Waals surface area contributed by atoms with Crippen molar-refractivity contribution in [2.75, 3.05) is 6.54 Å². The maximum atomic E-state index is 13.2. The van der Waals surface area contributed by atoms with Crippen LogP contribution in [-0.2, 0) is 9.84 Å². The largest absolute Gasteiger partial charge is 0.313 e. The number of hydrogen-bond donors (Lipinski definition) is 1. The average Bonchev–Trinajstić information content (AvgIpc) is 2.48. The summed E-state index contributed by atoms with van der Waals surface area (Å²) in [6.07, 6.45) is 8.25. The first-order valence-corrected chi connectivity index (χ1v) is 10.5. The van der Waals surface area contributed by atoms with Gasteiger partial charge in [0.25, 0.3) is 0 Å². The Kier molecular flexibility index (Phi) is 6.13. The van der Waals surface area contributed by atoms with Gasteiger partial charge >= 0.3 is 0 Å². The van der Waals surface area contributed by atoms with Gasteiger partial charge in [-0.3, -0.25) is 0 Å². The van der Waals surface area contributed by atoms with Crippen molar-refractivity contribution in [3.8, 4) is 0 Å². The van der Waals surface area contributed by atoms with Gasteiger partial charge in [0.05, 0.1) is 10.5 Å². The van der Waals surface area contributed by atoms with Crippen LogP contribution < -0.4 is 5.32 Å². The van der Waals surface area contributed by atoms with E-state index in [2.05, 4.69) is 26.1 Å². The highest BCUT2D eigenvalue weighted by molar-refractivity contribution is 7.92. The second-order valence-electron chi connectivity index (χ2n) is 7.37. The molecule has 124 valence electrons. The molecule has 2 fully saturated rings. The number of rotatable bonds is 5. The lowest BCUT2D eigenvalue weighted by atomic mass is 9.79. The van der Waals surface area contributed by atoms with Gasteiger partial charge in [-0.05, 0) is 50.5 Å². The van der Waals surface area contributed by atoms with Crippen molar-refractivity contribution in [2.24, 2.45) is 11.8 Å². The molecule has 2 rings (SSSR count). The molecule has 0 aromatic heterocycles. The smallest absolute Gasteiger partial charge is 0.157 e. The van der Waals surface area contributed by atoms with E-state index in [1.165, 1.54) is 12.8 Å². The molecule has 21 heavy (non-hydrogen) atoms. The van der Waals surface area contributed by atoms with Gasteiger partial charge in [0.1, 0.15) is 0 Å². The van der Waals surface area contributed by atoms with Crippen molar-refractivity contribution >= 4 is 9.84 Å². The Labute approximate surface area is 131 Å². The summed E-state index contributed by atoms with van der Waals surface area (Å²) >= 11 is 0. The quantitative estimate of drug-likeness (QED) is 0.844. The molecule has 3 nitrogen and oxygen atoms in total. The standard InChI is InChI=1S/C17H33NO2S/c1-4-18-16-11-10-14(13(2)3)12-17(16)21(19,20)15-8-6-5-7-9-15/h13-18H,4-12H2,1-3H3. The summed E-state index contributed by atoms with van der Waals surface area (Å²) < 4.78 is 26.3. The van der Waals surface area contributed by atoms with Crippen LogP contribution in [0.2, 0.25) is 0 Å². The van der Waals surface area contributed by atoms with E-state index in [9.17, 15) is 8.42 Å². The second kappa shape index (κ2) is 7.45. The zero-order valence-corrected chi connectivity index (χ0v) is 14.8. The van der Waals surface area contributed by atoms with Gasteiger partial charge < -0.3 is 5.32 Å². The van der Waals surface area contributed by atoms with Crippen LogP contribution in [-0.4, -0.2) is 31.5 Å². The van der Waals surface area contributed by atoms with E-state index in [0.717, 1.165) is 45.1 Å². The Balaban J connectivity index is 2.17. The fourth-order valence-electron chi connectivity index (χ4n) is 4.27. The molecule has 2 aliphatic carbocycles. The van der Waals surface area contributed by atoms with Crippen LogP contribution in [0.15, 0.2) is 0 Å². The first-order valence-electron chi connectivity index (χ1n) is 8.92. The number of sulfone groups is 1. The molecular formula is C17H33NO2S. The molecule has 0 aromatic rings. The summed E-state index contributed by atoms with van der Waals surface area (Å²) in [6, 6.07) is 0.178. The fourth-order valence-corrected chi connectivity index (χ4v) is 6.96. The Morgan fingerprint density at radius 2 is 1.71 bits per heavy atom. The molecule has 0 radical (unpaired) electrons. The average molecular weight is 316 g/mol. The van der Waals surface area contributed by atoms with Crippen LogP contribution in [0.3, 0.4) is 0 Å². The minimum Gasteiger partial charge on any atom is -0.313 e. The number of nitrogens with one attached hydrogen (secondary N) is 1. The third kappa shape index (κ3) is 4.01. The number of hydrogen-bond acceptors (Lipinski definition) is 3. The van der Waals surface area contributed by atoms with Gasteiger partial charge in [0.2, 0.25) is 0 Å². The van der Waals surface area contributed by atoms with Crippen molar-refractivity contribution < 1.29 is 8.42 Å². The maximum absolute atomic E-state index is 13.2. The Hall–Kier alpha value is -0.0900. The van der Waals surface area contributed by atoms with E-state index < -0.39 is 9.84 Å². The van der Waals surface area contributed by atoms with Gasteiger partial charge in [-0.2, -0.15) is 0 Å². The molecule has 0 spiro atoms. The molecule has 4 heteroatoms. The zero-order valence-electron chi connectivity index (χ0n) is 14.0. The lowest BCUT2D eigenvalue weighted by molar-refractivity contribution is 0.241. The van der Waals surface area contributed by atoms with Crippen LogP contribution in [0.5, 0.6) is 0 Å². The summed E-state index contributed by atoms with van der Waals surface area (Å²) in [6.45, 7) is 7.43. The van der Waals surface area contributed by atoms with Crippen molar-refractivity contribution in [3.63, 3.8) is 0 Å². The minimum atomic E-state index is -2.99. The van der Waals surface area contributed by atoms with Crippen molar-refractivity contribution in [2.45, 2.75) is 88.7 Å². The molecule has 0 bridgehead atoms. The molecule has 0 aliphatic heterocycles. The topological polar surface area (TPSA) is 46.2 Å². The van der Waals surface area contributed by atoms with Crippen molar-refractivity contribution in [1.29, 1.82) is 0 Å². The van der Waals surface area contributed by atoms with Crippen LogP contribution in [0.1, 0.15) is 72.1 Å². The van der Waals surface area contributed by atoms with Gasteiger partial charge in [0, 0.05) is 6.04 Å². The molecular weight excluding hydrogens is 282 g/mol. The summed E-state index contributed by atoms with van der Waals surface area (Å²) in [4.78, 5) is 0. The molecule has 0 aromatic carbocycles. The molecule has 2 saturated carbocycles. The first-order chi connectivity index (χ1) is 9.96. The molecule has 0 amide bonds. The van der Waals surface area contributed by atoms with E-state index in [1.807, 2.05) is 0 Å². The van der Waals surface area contributed by atoms with Crippen molar-refractivity contribution in [1.82, 2.24) is 5.32 Å². The van der Waals surface area contributed by atoms with Crippen LogP contribution in [0.4, 0.5) is 0 Å². The highest BCUT2D eigenvalue weighted by Gasteiger charge is 2.43. The monoisotopic (exact) mass is 315 g/mol. The van der Waals surface area contributed by atoms with E-state index in [1.54, 1.807) is 0 Å². The van der Waals surface area contributed by atoms with E-state index in [-0.39, 0.29) is 16.5 Å². The second-order valence-corrected chi connectivity index (χ2v) is 9.82. The molecule has 1 N–H and O–H groups in total. The van der Waals surface area contributed by atoms with Gasteiger partial charge in [-0.1, -0.05) is 40.0 Å². The van der Waals surface area contributed by atoms with E-state index in [0.29, 0.717) is 11.8 Å². The summed E-state index contributed by atoms with van der Waals surface area (Å²) in [5, 5.41) is 3.24. The highest BCUT2D eigenvalue weighted by atomic mass is 32.2. The van der Waals surface area contributed by atoms with Gasteiger partial charge in [-0.25, -0.2) is 8.42 Å². The lowest BCUT2D eigenvalue weighted by Crippen LogP contribution is -2.51. The van der Waals surface area contributed by atoms with Gasteiger partial charge in [0.15, 0.2) is 9.84 Å². The third-order valence-corrected chi connectivity index (χ3v) is 8.45. The molecule has 3 atom stereocenters. The lowest BCUT2D eigenvalue weighted by Gasteiger charge is -2.40. The van der Waals surface area contributed by atoms with Crippen LogP contribution in [0.25, 0.3) is 0 Å². The molecule has 3 unspecified atom stereocenters. The van der Waals surface area contributed by atoms with E-state index in [4.69, 9.17) is 0 Å². The Morgan fingerprint density at radius 3 is 2.29 bits per heavy atom. The summed E-state index contributed by atoms with van der Waals surface area (Å²) in [5.74, 6) is 1.17. The SMILES string of the molecule is CCNC1CCC(C(C)C)CC1S(=O)(=O)C1CCCCC1. The normalized spacial score (nSPS) is 32.5. The first kappa shape index (κ1) is 17.3. The Bertz CT molecular complexity index is 413. The predicted octanol–water partition coefficient (Wildman–Crippen LogP) is 3.54. The zero-order chi connectivity index (χ0) is 15.5. The Morgan fingerprint density at radius 1 is 1.05 bits per heavy atom. The molecule has 0 heterocycles. The van der Waals surface area contributed by atoms with E-state index >= 15 is 0 Å². The predicted molar refractivity (Wildman–Crippen MR) is 89.2 cm³/mol. The minimum absolute atomic E-state index is 0.0664. The van der Waals surface area contributed by atoms with Crippen LogP contribution in [0, 0.1) is 11.8 Å². The summed E-state index contributed by atoms with van der Waals surface area (Å²) in [5.41, 5.74) is 0. The third-order valence-electron chi connectivity index (χ3n) is 5.68. The maximum Gasteiger partial charge on any atom is 0.157 e. The highest BCUT2D eigenvalue weighted by Crippen LogP contribution is 2.37.